The maximum absolute atomic E-state index is 14.4. The first kappa shape index (κ1) is 54.4. The van der Waals surface area contributed by atoms with Gasteiger partial charge in [0, 0.05) is 57.8 Å². The van der Waals surface area contributed by atoms with Gasteiger partial charge < -0.3 is 39.0 Å². The number of allylic oxidation sites excluding steroid dienone is 6. The van der Waals surface area contributed by atoms with Crippen LogP contribution in [0.1, 0.15) is 132 Å². The number of rotatable bonds is 6. The lowest BCUT2D eigenvalue weighted by Crippen LogP contribution is -2.57. The molecule has 4 aliphatic rings. The molecule has 16 atom stereocenters. The fourth-order valence-electron chi connectivity index (χ4n) is 10.5. The Morgan fingerprint density at radius 3 is 2.15 bits per heavy atom. The lowest BCUT2D eigenvalue weighted by molar-refractivity contribution is -0.265. The number of carbonyl (C=O) groups is 5. The summed E-state index contributed by atoms with van der Waals surface area (Å²) in [5.41, 5.74) is 1.28. The monoisotopic (exact) mass is 913 g/mol. The molecule has 13 heteroatoms. The molecule has 4 rings (SSSR count). The van der Waals surface area contributed by atoms with Gasteiger partial charge >= 0.3 is 5.97 Å². The number of hydrogen-bond donors (Lipinski definition) is 3. The van der Waals surface area contributed by atoms with Gasteiger partial charge in [-0.15, -0.1) is 0 Å². The van der Waals surface area contributed by atoms with Crippen LogP contribution in [-0.2, 0) is 47.7 Å². The Hall–Kier alpha value is -3.17. The summed E-state index contributed by atoms with van der Waals surface area (Å²) in [7, 11) is 4.53. The number of aliphatic hydroxyl groups excluding tert-OH is 2. The molecule has 0 aromatic heterocycles. The number of fused-ring (bicyclic) bond motifs is 3. The van der Waals surface area contributed by atoms with Crippen molar-refractivity contribution in [1.29, 1.82) is 0 Å². The highest BCUT2D eigenvalue weighted by Gasteiger charge is 2.53. The number of cyclic esters (lactones) is 1. The van der Waals surface area contributed by atoms with Crippen molar-refractivity contribution >= 4 is 29.1 Å². The first-order valence-corrected chi connectivity index (χ1v) is 24.2. The van der Waals surface area contributed by atoms with E-state index in [-0.39, 0.29) is 48.3 Å². The SMILES string of the molecule is CO[C@H]1C[C@@H]2CC[C@@H](C)[C@@](O)(O2)C(=O)C(=O)C2CCCC[C@H]2C(=O)O[C@H]([C@H](C)C[C@@H]2CC[C@@H](O)[C@H](OC)C2)CC(=O)[C@H](C)/C=C(\C)[C@@H](O)[C@@H](OC)C(=O)[C@H](C)C[C@H](C)/C=C/C=C/C=C/1C. The quantitative estimate of drug-likeness (QED) is 0.138. The number of aliphatic hydroxyl groups is 3. The average Bonchev–Trinajstić information content (AvgIpc) is 3.28. The summed E-state index contributed by atoms with van der Waals surface area (Å²) >= 11 is 0. The highest BCUT2D eigenvalue weighted by molar-refractivity contribution is 6.41. The number of carbonyl (C=O) groups excluding carboxylic acids is 5. The van der Waals surface area contributed by atoms with Crippen molar-refractivity contribution in [3.8, 4) is 0 Å². The number of ether oxygens (including phenoxy) is 5. The normalized spacial score (nSPS) is 41.5. The standard InChI is InChI=1S/C52H80O13/c1-30-16-12-11-13-17-31(2)43(61-8)28-38-22-20-36(7)52(60,65-38)50(58)48(57)39-18-14-15-19-40(39)51(59)64-44(33(4)26-37-21-23-41(53)45(27-37)62-9)29-42(54)32(3)25-35(6)47(56)49(63-10)46(55)34(5)24-30/h11-13,16-17,25,30,32-34,36-41,43-45,47,49,53,56,60H,14-15,18-24,26-29H2,1-10H3/b13-11+,16-12+,31-17+,35-25+/t30-,32-,33-,34-,36-,37+,38+,39?,40-,41-,43+,44+,45-,47-,49+,52-/m1/s1. The molecule has 65 heavy (non-hydrogen) atoms. The van der Waals surface area contributed by atoms with E-state index in [4.69, 9.17) is 23.7 Å². The fourth-order valence-corrected chi connectivity index (χ4v) is 10.5. The van der Waals surface area contributed by atoms with Crippen LogP contribution in [0, 0.1) is 47.3 Å². The van der Waals surface area contributed by atoms with Crippen molar-refractivity contribution in [3.63, 3.8) is 0 Å². The molecular weight excluding hydrogens is 833 g/mol. The third kappa shape index (κ3) is 14.4. The minimum Gasteiger partial charge on any atom is -0.461 e. The Labute approximate surface area is 387 Å². The van der Waals surface area contributed by atoms with Crippen LogP contribution < -0.4 is 0 Å². The first-order chi connectivity index (χ1) is 30.7. The minimum atomic E-state index is -2.39. The second-order valence-electron chi connectivity index (χ2n) is 19.9. The van der Waals surface area contributed by atoms with E-state index in [1.807, 2.05) is 58.1 Å². The summed E-state index contributed by atoms with van der Waals surface area (Å²) in [4.78, 5) is 70.8. The third-order valence-corrected chi connectivity index (χ3v) is 14.9. The van der Waals surface area contributed by atoms with Crippen LogP contribution in [0.15, 0.2) is 47.6 Å². The van der Waals surface area contributed by atoms with Crippen molar-refractivity contribution in [1.82, 2.24) is 0 Å². The molecule has 2 saturated carbocycles. The number of hydrogen-bond acceptors (Lipinski definition) is 13. The Morgan fingerprint density at radius 1 is 0.800 bits per heavy atom. The highest BCUT2D eigenvalue weighted by atomic mass is 16.6. The van der Waals surface area contributed by atoms with E-state index in [0.717, 1.165) is 12.0 Å². The Balaban J connectivity index is 1.70. The molecule has 366 valence electrons. The Morgan fingerprint density at radius 2 is 1.49 bits per heavy atom. The van der Waals surface area contributed by atoms with Gasteiger partial charge in [0.25, 0.3) is 5.78 Å². The van der Waals surface area contributed by atoms with Crippen LogP contribution in [0.2, 0.25) is 0 Å². The molecule has 0 amide bonds. The second-order valence-corrected chi connectivity index (χ2v) is 19.9. The third-order valence-electron chi connectivity index (χ3n) is 14.9. The number of methoxy groups -OCH3 is 3. The van der Waals surface area contributed by atoms with E-state index in [1.54, 1.807) is 41.1 Å². The van der Waals surface area contributed by atoms with Crippen LogP contribution in [0.4, 0.5) is 0 Å². The molecule has 13 nitrogen and oxygen atoms in total. The topological polar surface area (TPSA) is 192 Å². The van der Waals surface area contributed by atoms with Crippen molar-refractivity contribution in [2.45, 2.75) is 180 Å². The largest absolute Gasteiger partial charge is 0.461 e. The van der Waals surface area contributed by atoms with Gasteiger partial charge in [0.1, 0.15) is 24.1 Å². The van der Waals surface area contributed by atoms with E-state index in [9.17, 15) is 39.3 Å². The zero-order chi connectivity index (χ0) is 48.2. The summed E-state index contributed by atoms with van der Waals surface area (Å²) in [6.07, 6.45) is 11.8. The van der Waals surface area contributed by atoms with Crippen molar-refractivity contribution in [3.05, 3.63) is 47.6 Å². The number of Topliss-reactive ketones (excluding diaryl/α,β-unsaturated/α-hetero) is 4. The zero-order valence-corrected chi connectivity index (χ0v) is 40.7. The maximum atomic E-state index is 14.4. The average molecular weight is 913 g/mol. The summed E-state index contributed by atoms with van der Waals surface area (Å²) < 4.78 is 29.4. The Bertz CT molecular complexity index is 1750. The van der Waals surface area contributed by atoms with Crippen molar-refractivity contribution < 1.29 is 63.0 Å². The summed E-state index contributed by atoms with van der Waals surface area (Å²) in [5.74, 6) is -9.53. The minimum absolute atomic E-state index is 0.0223. The molecule has 0 spiro atoms. The van der Waals surface area contributed by atoms with Gasteiger partial charge in [-0.25, -0.2) is 0 Å². The van der Waals surface area contributed by atoms with Gasteiger partial charge in [-0.2, -0.15) is 0 Å². The number of ketones is 4. The number of esters is 1. The molecular formula is C52H80O13. The molecule has 3 N–H and O–H groups in total. The molecule has 2 aliphatic carbocycles. The van der Waals surface area contributed by atoms with Crippen LogP contribution in [0.5, 0.6) is 0 Å². The molecule has 2 bridgehead atoms. The molecule has 1 saturated heterocycles. The molecule has 0 aromatic rings. The van der Waals surface area contributed by atoms with Crippen molar-refractivity contribution in [2.24, 2.45) is 47.3 Å². The molecule has 0 radical (unpaired) electrons. The van der Waals surface area contributed by atoms with Gasteiger partial charge in [0.05, 0.1) is 30.3 Å². The summed E-state index contributed by atoms with van der Waals surface area (Å²) in [6.45, 7) is 12.7. The van der Waals surface area contributed by atoms with Crippen LogP contribution in [0.3, 0.4) is 0 Å². The van der Waals surface area contributed by atoms with E-state index in [2.05, 4.69) is 0 Å². The van der Waals surface area contributed by atoms with Gasteiger partial charge in [-0.05, 0) is 101 Å². The predicted octanol–water partition coefficient (Wildman–Crippen LogP) is 7.18. The fraction of sp³-hybridized carbons (Fsp3) is 0.750. The van der Waals surface area contributed by atoms with Gasteiger partial charge in [0.2, 0.25) is 11.6 Å². The highest BCUT2D eigenvalue weighted by Crippen LogP contribution is 2.40. The first-order valence-electron chi connectivity index (χ1n) is 24.2. The second kappa shape index (κ2) is 25.3. The van der Waals surface area contributed by atoms with Crippen LogP contribution in [-0.4, -0.2) is 114 Å². The zero-order valence-electron chi connectivity index (χ0n) is 40.7. The van der Waals surface area contributed by atoms with Gasteiger partial charge in [0.15, 0.2) is 5.78 Å². The smallest absolute Gasteiger partial charge is 0.309 e. The lowest BCUT2D eigenvalue weighted by Gasteiger charge is -2.42. The van der Waals surface area contributed by atoms with Gasteiger partial charge in [-0.3, -0.25) is 24.0 Å². The summed E-state index contributed by atoms with van der Waals surface area (Å²) in [5, 5.41) is 33.9. The Kier molecular flexibility index (Phi) is 21.2. The molecule has 3 fully saturated rings. The molecule has 0 aromatic carbocycles. The van der Waals surface area contributed by atoms with Gasteiger partial charge in [-0.1, -0.05) is 83.9 Å². The van der Waals surface area contributed by atoms with E-state index < -0.39 is 89.5 Å². The predicted molar refractivity (Wildman–Crippen MR) is 246 cm³/mol. The van der Waals surface area contributed by atoms with Crippen molar-refractivity contribution in [2.75, 3.05) is 21.3 Å². The maximum Gasteiger partial charge on any atom is 0.309 e. The van der Waals surface area contributed by atoms with E-state index in [1.165, 1.54) is 7.11 Å². The molecule has 2 heterocycles. The van der Waals surface area contributed by atoms with Crippen LogP contribution in [0.25, 0.3) is 0 Å². The summed E-state index contributed by atoms with van der Waals surface area (Å²) in [6, 6.07) is 0. The van der Waals surface area contributed by atoms with Crippen LogP contribution >= 0.6 is 0 Å². The van der Waals surface area contributed by atoms with E-state index >= 15 is 0 Å². The molecule has 2 aliphatic heterocycles. The van der Waals surface area contributed by atoms with E-state index in [0.29, 0.717) is 69.8 Å². The lowest BCUT2D eigenvalue weighted by atomic mass is 9.73. The molecule has 1 unspecified atom stereocenters.